The van der Waals surface area contributed by atoms with Crippen LogP contribution in [0.4, 0.5) is 0 Å². The largest absolute Gasteiger partial charge is 0.310 e. The van der Waals surface area contributed by atoms with E-state index in [2.05, 4.69) is 39.6 Å². The number of halogens is 1. The third-order valence-corrected chi connectivity index (χ3v) is 4.18. The van der Waals surface area contributed by atoms with Crippen LogP contribution < -0.4 is 5.32 Å². The van der Waals surface area contributed by atoms with E-state index in [1.165, 1.54) is 28.6 Å². The van der Waals surface area contributed by atoms with Crippen LogP contribution in [0.5, 0.6) is 0 Å². The maximum Gasteiger partial charge on any atom is 0.0701 e. The summed E-state index contributed by atoms with van der Waals surface area (Å²) in [6, 6.07) is 2.87. The van der Waals surface area contributed by atoms with Gasteiger partial charge in [-0.05, 0) is 64.7 Å². The van der Waals surface area contributed by atoms with Gasteiger partial charge < -0.3 is 5.32 Å². The molecule has 1 aliphatic carbocycles. The molecular weight excluding hydrogens is 258 g/mol. The van der Waals surface area contributed by atoms with Crippen LogP contribution >= 0.6 is 27.3 Å². The molecule has 0 aliphatic heterocycles. The van der Waals surface area contributed by atoms with E-state index in [1.807, 2.05) is 0 Å². The van der Waals surface area contributed by atoms with E-state index in [9.17, 15) is 0 Å². The zero-order valence-electron chi connectivity index (χ0n) is 8.42. The van der Waals surface area contributed by atoms with Gasteiger partial charge in [-0.15, -0.1) is 11.3 Å². The van der Waals surface area contributed by atoms with Gasteiger partial charge in [0.05, 0.1) is 3.79 Å². The molecule has 0 spiro atoms. The molecule has 1 fully saturated rings. The number of nitrogens with one attached hydrogen (secondary N) is 1. The minimum atomic E-state index is 0.609. The Hall–Kier alpha value is 0.140. The Morgan fingerprint density at radius 1 is 1.64 bits per heavy atom. The molecule has 2 rings (SSSR count). The summed E-state index contributed by atoms with van der Waals surface area (Å²) in [6.45, 7) is 3.36. The monoisotopic (exact) mass is 273 g/mol. The molecule has 78 valence electrons. The summed E-state index contributed by atoms with van der Waals surface area (Å²) in [5.41, 5.74) is 1.47. The number of hydrogen-bond donors (Lipinski definition) is 1. The van der Waals surface area contributed by atoms with E-state index < -0.39 is 0 Å². The van der Waals surface area contributed by atoms with Gasteiger partial charge in [-0.3, -0.25) is 0 Å². The third-order valence-electron chi connectivity index (χ3n) is 2.65. The van der Waals surface area contributed by atoms with Crippen molar-refractivity contribution in [1.82, 2.24) is 5.32 Å². The summed E-state index contributed by atoms with van der Waals surface area (Å²) in [6.07, 6.45) is 4.01. The lowest BCUT2D eigenvalue weighted by Gasteiger charge is -2.16. The molecule has 1 heterocycles. The molecule has 1 aromatic heterocycles. The van der Waals surface area contributed by atoms with Gasteiger partial charge >= 0.3 is 0 Å². The minimum absolute atomic E-state index is 0.609. The highest BCUT2D eigenvalue weighted by molar-refractivity contribution is 9.11. The average Bonchev–Trinajstić information content (AvgIpc) is 2.91. The van der Waals surface area contributed by atoms with E-state index in [0.717, 1.165) is 12.5 Å². The van der Waals surface area contributed by atoms with Crippen LogP contribution in [0.1, 0.15) is 37.8 Å². The lowest BCUT2D eigenvalue weighted by molar-refractivity contribution is 0.482. The summed E-state index contributed by atoms with van der Waals surface area (Å²) < 4.78 is 1.25. The highest BCUT2D eigenvalue weighted by Crippen LogP contribution is 2.42. The van der Waals surface area contributed by atoms with Gasteiger partial charge in [-0.25, -0.2) is 0 Å². The van der Waals surface area contributed by atoms with E-state index in [1.54, 1.807) is 11.3 Å². The average molecular weight is 274 g/mol. The first-order chi connectivity index (χ1) is 6.81. The Kier molecular flexibility index (Phi) is 3.63. The number of rotatable bonds is 5. The topological polar surface area (TPSA) is 12.0 Å². The molecule has 1 aliphatic rings. The van der Waals surface area contributed by atoms with Crippen LogP contribution in [-0.4, -0.2) is 6.54 Å². The second kappa shape index (κ2) is 4.77. The fourth-order valence-corrected chi connectivity index (χ4v) is 2.98. The fourth-order valence-electron chi connectivity index (χ4n) is 1.77. The minimum Gasteiger partial charge on any atom is -0.310 e. The SMILES string of the molecule is CCCNC(c1csc(Br)c1)C1CC1. The molecule has 1 unspecified atom stereocenters. The van der Waals surface area contributed by atoms with Crippen molar-refractivity contribution in [3.05, 3.63) is 20.8 Å². The molecule has 1 saturated carbocycles. The Balaban J connectivity index is 2.02. The quantitative estimate of drug-likeness (QED) is 0.857. The van der Waals surface area contributed by atoms with Crippen molar-refractivity contribution in [3.8, 4) is 0 Å². The number of hydrogen-bond acceptors (Lipinski definition) is 2. The van der Waals surface area contributed by atoms with E-state index in [-0.39, 0.29) is 0 Å². The van der Waals surface area contributed by atoms with Crippen molar-refractivity contribution < 1.29 is 0 Å². The van der Waals surface area contributed by atoms with Gasteiger partial charge in [-0.1, -0.05) is 6.92 Å². The summed E-state index contributed by atoms with van der Waals surface area (Å²) in [7, 11) is 0. The van der Waals surface area contributed by atoms with Gasteiger partial charge in [0.1, 0.15) is 0 Å². The van der Waals surface area contributed by atoms with Crippen molar-refractivity contribution in [1.29, 1.82) is 0 Å². The van der Waals surface area contributed by atoms with Crippen LogP contribution in [0, 0.1) is 5.92 Å². The Bertz CT molecular complexity index is 293. The first-order valence-electron chi connectivity index (χ1n) is 5.28. The lowest BCUT2D eigenvalue weighted by Crippen LogP contribution is -2.23. The predicted molar refractivity (Wildman–Crippen MR) is 65.8 cm³/mol. The molecule has 0 aromatic carbocycles. The van der Waals surface area contributed by atoms with Crippen LogP contribution in [-0.2, 0) is 0 Å². The van der Waals surface area contributed by atoms with Crippen LogP contribution in [0.2, 0.25) is 0 Å². The second-order valence-corrected chi connectivity index (χ2v) is 6.24. The molecular formula is C11H16BrNS. The molecule has 1 atom stereocenters. The first kappa shape index (κ1) is 10.7. The van der Waals surface area contributed by atoms with Crippen molar-refractivity contribution in [2.45, 2.75) is 32.2 Å². The van der Waals surface area contributed by atoms with Crippen LogP contribution in [0.15, 0.2) is 15.2 Å². The molecule has 0 bridgehead atoms. The van der Waals surface area contributed by atoms with Crippen molar-refractivity contribution in [2.24, 2.45) is 5.92 Å². The molecule has 14 heavy (non-hydrogen) atoms. The van der Waals surface area contributed by atoms with Crippen molar-refractivity contribution in [2.75, 3.05) is 6.54 Å². The lowest BCUT2D eigenvalue weighted by atomic mass is 10.1. The maximum absolute atomic E-state index is 3.65. The van der Waals surface area contributed by atoms with Gasteiger partial charge in [-0.2, -0.15) is 0 Å². The van der Waals surface area contributed by atoms with Crippen LogP contribution in [0.3, 0.4) is 0 Å². The highest BCUT2D eigenvalue weighted by Gasteiger charge is 2.32. The summed E-state index contributed by atoms with van der Waals surface area (Å²) >= 11 is 5.32. The molecule has 0 saturated heterocycles. The standard InChI is InChI=1S/C11H16BrNS/c1-2-5-13-11(8-3-4-8)9-6-10(12)14-7-9/h6-8,11,13H,2-5H2,1H3. The third kappa shape index (κ3) is 2.59. The van der Waals surface area contributed by atoms with Gasteiger partial charge in [0.2, 0.25) is 0 Å². The first-order valence-corrected chi connectivity index (χ1v) is 6.96. The Morgan fingerprint density at radius 2 is 2.43 bits per heavy atom. The van der Waals surface area contributed by atoms with E-state index >= 15 is 0 Å². The van der Waals surface area contributed by atoms with Crippen LogP contribution in [0.25, 0.3) is 0 Å². The number of thiophene rings is 1. The molecule has 1 nitrogen and oxygen atoms in total. The molecule has 0 radical (unpaired) electrons. The van der Waals surface area contributed by atoms with E-state index in [4.69, 9.17) is 0 Å². The van der Waals surface area contributed by atoms with Gasteiger partial charge in [0.25, 0.3) is 0 Å². The summed E-state index contributed by atoms with van der Waals surface area (Å²) in [4.78, 5) is 0. The predicted octanol–water partition coefficient (Wildman–Crippen LogP) is 3.96. The Morgan fingerprint density at radius 3 is 2.93 bits per heavy atom. The second-order valence-electron chi connectivity index (χ2n) is 3.95. The van der Waals surface area contributed by atoms with Gasteiger partial charge in [0.15, 0.2) is 0 Å². The van der Waals surface area contributed by atoms with Crippen molar-refractivity contribution >= 4 is 27.3 Å². The van der Waals surface area contributed by atoms with E-state index in [0.29, 0.717) is 6.04 Å². The zero-order chi connectivity index (χ0) is 9.97. The molecule has 0 amide bonds. The maximum atomic E-state index is 3.65. The van der Waals surface area contributed by atoms with Crippen molar-refractivity contribution in [3.63, 3.8) is 0 Å². The normalized spacial score (nSPS) is 18.4. The summed E-state index contributed by atoms with van der Waals surface area (Å²) in [5, 5.41) is 5.92. The highest BCUT2D eigenvalue weighted by atomic mass is 79.9. The molecule has 3 heteroatoms. The zero-order valence-corrected chi connectivity index (χ0v) is 10.8. The van der Waals surface area contributed by atoms with Gasteiger partial charge in [0, 0.05) is 6.04 Å². The summed E-state index contributed by atoms with van der Waals surface area (Å²) in [5.74, 6) is 0.892. The smallest absolute Gasteiger partial charge is 0.0701 e. The fraction of sp³-hybridized carbons (Fsp3) is 0.636. The molecule has 1 aromatic rings. The Labute approximate surface area is 98.0 Å². The molecule has 1 N–H and O–H groups in total.